The maximum Gasteiger partial charge on any atom is 0.0462 e. The molecule has 1 N–H and O–H groups in total. The van der Waals surface area contributed by atoms with Crippen molar-refractivity contribution < 1.29 is 4.74 Å². The third-order valence-electron chi connectivity index (χ3n) is 3.69. The van der Waals surface area contributed by atoms with E-state index in [0.717, 1.165) is 13.2 Å². The van der Waals surface area contributed by atoms with Gasteiger partial charge in [-0.3, -0.25) is 0 Å². The minimum atomic E-state index is 0.498. The Morgan fingerprint density at radius 2 is 1.75 bits per heavy atom. The summed E-state index contributed by atoms with van der Waals surface area (Å²) < 4.78 is 5.11. The average Bonchev–Trinajstić information content (AvgIpc) is 2.29. The van der Waals surface area contributed by atoms with E-state index in [1.807, 2.05) is 0 Å². The average molecular weight is 229 g/mol. The molecule has 0 spiro atoms. The molecule has 0 bridgehead atoms. The molecule has 0 rings (SSSR count). The molecule has 0 atom stereocenters. The van der Waals surface area contributed by atoms with Crippen molar-refractivity contribution in [1.29, 1.82) is 0 Å². The number of hydrogen-bond acceptors (Lipinski definition) is 2. The van der Waals surface area contributed by atoms with Crippen molar-refractivity contribution >= 4 is 0 Å². The summed E-state index contributed by atoms with van der Waals surface area (Å²) in [5.41, 5.74) is 0.498. The summed E-state index contributed by atoms with van der Waals surface area (Å²) in [6, 6.07) is 0.594. The highest BCUT2D eigenvalue weighted by atomic mass is 16.5. The van der Waals surface area contributed by atoms with E-state index in [4.69, 9.17) is 4.74 Å². The number of nitrogens with one attached hydrogen (secondary N) is 1. The molecule has 0 aromatic heterocycles. The van der Waals surface area contributed by atoms with E-state index in [1.165, 1.54) is 32.1 Å². The van der Waals surface area contributed by atoms with Gasteiger partial charge in [0.15, 0.2) is 0 Å². The van der Waals surface area contributed by atoms with Gasteiger partial charge < -0.3 is 10.1 Å². The molecule has 0 aromatic rings. The lowest BCUT2D eigenvalue weighted by Crippen LogP contribution is -2.37. The molecule has 0 saturated carbocycles. The Labute approximate surface area is 102 Å². The van der Waals surface area contributed by atoms with Gasteiger partial charge >= 0.3 is 0 Å². The molecule has 0 amide bonds. The molecule has 0 fully saturated rings. The Morgan fingerprint density at radius 1 is 1.12 bits per heavy atom. The Hall–Kier alpha value is -0.0800. The highest BCUT2D eigenvalue weighted by Crippen LogP contribution is 2.31. The Kier molecular flexibility index (Phi) is 8.96. The van der Waals surface area contributed by atoms with Crippen LogP contribution in [0.25, 0.3) is 0 Å². The predicted octanol–water partition coefficient (Wildman–Crippen LogP) is 3.61. The first-order valence-electron chi connectivity index (χ1n) is 6.82. The van der Waals surface area contributed by atoms with Crippen LogP contribution in [0.2, 0.25) is 0 Å². The lowest BCUT2D eigenvalue weighted by Gasteiger charge is -2.33. The van der Waals surface area contributed by atoms with Crippen LogP contribution in [0.3, 0.4) is 0 Å². The Morgan fingerprint density at radius 3 is 2.19 bits per heavy atom. The fourth-order valence-corrected chi connectivity index (χ4v) is 2.11. The van der Waals surface area contributed by atoms with Crippen molar-refractivity contribution in [3.8, 4) is 0 Å². The third kappa shape index (κ3) is 6.49. The second kappa shape index (κ2) is 9.00. The number of methoxy groups -OCH3 is 1. The van der Waals surface area contributed by atoms with E-state index < -0.39 is 0 Å². The lowest BCUT2D eigenvalue weighted by atomic mass is 9.77. The molecule has 16 heavy (non-hydrogen) atoms. The molecule has 0 aliphatic heterocycles. The Bertz CT molecular complexity index is 153. The van der Waals surface area contributed by atoms with Crippen LogP contribution in [0.1, 0.15) is 59.8 Å². The lowest BCUT2D eigenvalue weighted by molar-refractivity contribution is 0.172. The van der Waals surface area contributed by atoms with Crippen molar-refractivity contribution in [1.82, 2.24) is 5.32 Å². The Balaban J connectivity index is 4.00. The number of ether oxygens (including phenoxy) is 1. The van der Waals surface area contributed by atoms with Gasteiger partial charge in [0, 0.05) is 26.3 Å². The molecular formula is C14H31NO. The topological polar surface area (TPSA) is 21.3 Å². The van der Waals surface area contributed by atoms with Gasteiger partial charge in [-0.05, 0) is 31.1 Å². The molecule has 0 aliphatic rings. The first kappa shape index (κ1) is 15.9. The normalized spacial score (nSPS) is 12.4. The molecule has 0 saturated heterocycles. The van der Waals surface area contributed by atoms with E-state index in [9.17, 15) is 0 Å². The maximum atomic E-state index is 5.11. The summed E-state index contributed by atoms with van der Waals surface area (Å²) in [4.78, 5) is 0. The predicted molar refractivity (Wildman–Crippen MR) is 71.9 cm³/mol. The van der Waals surface area contributed by atoms with Crippen molar-refractivity contribution in [3.05, 3.63) is 0 Å². The first-order chi connectivity index (χ1) is 7.60. The quantitative estimate of drug-likeness (QED) is 0.578. The summed E-state index contributed by atoms with van der Waals surface area (Å²) >= 11 is 0. The molecule has 2 heteroatoms. The SMILES string of the molecule is CCC(CC)(CCCCOC)CNC(C)C. The van der Waals surface area contributed by atoms with Gasteiger partial charge in [-0.25, -0.2) is 0 Å². The highest BCUT2D eigenvalue weighted by Gasteiger charge is 2.25. The minimum Gasteiger partial charge on any atom is -0.385 e. The molecule has 2 nitrogen and oxygen atoms in total. The minimum absolute atomic E-state index is 0.498. The van der Waals surface area contributed by atoms with Crippen molar-refractivity contribution in [2.45, 2.75) is 65.8 Å². The van der Waals surface area contributed by atoms with Gasteiger partial charge in [-0.1, -0.05) is 34.1 Å². The molecule has 0 aromatic carbocycles. The van der Waals surface area contributed by atoms with Gasteiger partial charge in [-0.2, -0.15) is 0 Å². The van der Waals surface area contributed by atoms with Crippen LogP contribution in [-0.2, 0) is 4.74 Å². The smallest absolute Gasteiger partial charge is 0.0462 e. The van der Waals surface area contributed by atoms with E-state index >= 15 is 0 Å². The monoisotopic (exact) mass is 229 g/mol. The molecular weight excluding hydrogens is 198 g/mol. The molecule has 0 aliphatic carbocycles. The summed E-state index contributed by atoms with van der Waals surface area (Å²) in [5.74, 6) is 0. The zero-order valence-electron chi connectivity index (χ0n) is 11.9. The van der Waals surface area contributed by atoms with Crippen LogP contribution in [0, 0.1) is 5.41 Å². The van der Waals surface area contributed by atoms with Crippen LogP contribution < -0.4 is 5.32 Å². The second-order valence-electron chi connectivity index (χ2n) is 5.19. The van der Waals surface area contributed by atoms with Crippen LogP contribution in [0.15, 0.2) is 0 Å². The first-order valence-corrected chi connectivity index (χ1v) is 6.82. The second-order valence-corrected chi connectivity index (χ2v) is 5.19. The number of unbranched alkanes of at least 4 members (excludes halogenated alkanes) is 1. The van der Waals surface area contributed by atoms with Gasteiger partial charge in [0.05, 0.1) is 0 Å². The van der Waals surface area contributed by atoms with Gasteiger partial charge in [0.25, 0.3) is 0 Å². The van der Waals surface area contributed by atoms with Crippen molar-refractivity contribution in [2.24, 2.45) is 5.41 Å². The molecule has 0 heterocycles. The number of hydrogen-bond donors (Lipinski definition) is 1. The van der Waals surface area contributed by atoms with Crippen LogP contribution in [0.5, 0.6) is 0 Å². The zero-order valence-corrected chi connectivity index (χ0v) is 11.9. The van der Waals surface area contributed by atoms with E-state index in [0.29, 0.717) is 11.5 Å². The van der Waals surface area contributed by atoms with Gasteiger partial charge in [-0.15, -0.1) is 0 Å². The summed E-state index contributed by atoms with van der Waals surface area (Å²) in [7, 11) is 1.78. The molecule has 0 radical (unpaired) electrons. The number of rotatable bonds is 10. The summed E-state index contributed by atoms with van der Waals surface area (Å²) in [5, 5.41) is 3.60. The fourth-order valence-electron chi connectivity index (χ4n) is 2.11. The summed E-state index contributed by atoms with van der Waals surface area (Å²) in [6.07, 6.45) is 6.35. The van der Waals surface area contributed by atoms with E-state index in [2.05, 4.69) is 33.0 Å². The van der Waals surface area contributed by atoms with Crippen LogP contribution in [-0.4, -0.2) is 26.3 Å². The highest BCUT2D eigenvalue weighted by molar-refractivity contribution is 4.79. The largest absolute Gasteiger partial charge is 0.385 e. The van der Waals surface area contributed by atoms with Crippen LogP contribution in [0.4, 0.5) is 0 Å². The van der Waals surface area contributed by atoms with Crippen molar-refractivity contribution in [2.75, 3.05) is 20.3 Å². The third-order valence-corrected chi connectivity index (χ3v) is 3.69. The molecule has 0 unspecified atom stereocenters. The fraction of sp³-hybridized carbons (Fsp3) is 1.00. The van der Waals surface area contributed by atoms with Gasteiger partial charge in [0.1, 0.15) is 0 Å². The molecule has 98 valence electrons. The van der Waals surface area contributed by atoms with Gasteiger partial charge in [0.2, 0.25) is 0 Å². The van der Waals surface area contributed by atoms with E-state index in [-0.39, 0.29) is 0 Å². The standard InChI is InChI=1S/C14H31NO/c1-6-14(7-2,12-15-13(3)4)10-8-9-11-16-5/h13,15H,6-12H2,1-5H3. The van der Waals surface area contributed by atoms with Crippen molar-refractivity contribution in [3.63, 3.8) is 0 Å². The summed E-state index contributed by atoms with van der Waals surface area (Å²) in [6.45, 7) is 11.2. The van der Waals surface area contributed by atoms with Crippen LogP contribution >= 0.6 is 0 Å². The zero-order chi connectivity index (χ0) is 12.4. The maximum absolute atomic E-state index is 5.11. The van der Waals surface area contributed by atoms with E-state index in [1.54, 1.807) is 7.11 Å².